The summed E-state index contributed by atoms with van der Waals surface area (Å²) in [4.78, 5) is 88.4. The highest BCUT2D eigenvalue weighted by Gasteiger charge is 2.57. The van der Waals surface area contributed by atoms with Gasteiger partial charge in [-0.05, 0) is 13.3 Å². The molecule has 0 radical (unpaired) electrons. The van der Waals surface area contributed by atoms with Crippen LogP contribution in [-0.2, 0) is 56.4 Å². The standard InChI is InChI=1S/C30H48N7O17P3S/c1-6-8-18(9-7-2)28(42)58-13-12-32-20(38)10-11-33-27(41)24(40)29(3,4)15-51-57(48,49)54-56(46,47)50-14-19-22(53-55(43,44)45)23(39)30(5,52-19)37-17-36-21-25(31)34-16-35-26(21)37/h6,8,16-17,19,22-24,39-40H,1,7,9-15H2,2-5H3,(H,32,38)(H,33,41)(H,46,47)(H,48,49)(H2,31,34,35)(H2,43,44,45). The van der Waals surface area contributed by atoms with Gasteiger partial charge in [0.25, 0.3) is 0 Å². The van der Waals surface area contributed by atoms with Gasteiger partial charge in [0.15, 0.2) is 17.2 Å². The number of aliphatic hydroxyl groups excluding tert-OH is 2. The van der Waals surface area contributed by atoms with Crippen molar-refractivity contribution in [2.45, 2.75) is 77.1 Å². The van der Waals surface area contributed by atoms with Crippen molar-refractivity contribution in [2.75, 3.05) is 37.8 Å². The molecule has 0 aliphatic carbocycles. The molecule has 0 spiro atoms. The lowest BCUT2D eigenvalue weighted by Crippen LogP contribution is -2.46. The maximum atomic E-state index is 12.8. The first kappa shape index (κ1) is 49.4. The largest absolute Gasteiger partial charge is 0.481 e. The molecule has 3 heterocycles. The third-order valence-corrected chi connectivity index (χ3v) is 12.4. The molecule has 2 amide bonds. The molecule has 58 heavy (non-hydrogen) atoms. The number of nitrogens with two attached hydrogens (primary N) is 1. The number of allylic oxidation sites excluding steroid dienone is 2. The predicted molar refractivity (Wildman–Crippen MR) is 205 cm³/mol. The van der Waals surface area contributed by atoms with Crippen molar-refractivity contribution >= 4 is 69.1 Å². The number of aliphatic hydroxyl groups is 2. The maximum absolute atomic E-state index is 12.8. The van der Waals surface area contributed by atoms with Crippen LogP contribution in [0, 0.1) is 5.41 Å². The van der Waals surface area contributed by atoms with Gasteiger partial charge in [0.1, 0.15) is 36.3 Å². The second kappa shape index (κ2) is 20.5. The molecule has 2 aromatic rings. The molecule has 24 nitrogen and oxygen atoms in total. The number of nitrogens with zero attached hydrogens (tertiary/aromatic N) is 4. The lowest BCUT2D eigenvalue weighted by Gasteiger charge is -2.30. The number of phosphoric acid groups is 3. The van der Waals surface area contributed by atoms with E-state index in [9.17, 15) is 57.9 Å². The van der Waals surface area contributed by atoms with E-state index in [1.165, 1.54) is 26.8 Å². The molecule has 0 saturated carbocycles. The van der Waals surface area contributed by atoms with E-state index in [2.05, 4.69) is 36.5 Å². The van der Waals surface area contributed by atoms with Crippen molar-refractivity contribution in [3.05, 3.63) is 37.0 Å². The second-order valence-corrected chi connectivity index (χ2v) is 18.7. The van der Waals surface area contributed by atoms with Crippen molar-refractivity contribution in [1.82, 2.24) is 30.2 Å². The van der Waals surface area contributed by atoms with Crippen LogP contribution in [0.1, 0.15) is 47.0 Å². The number of amides is 2. The predicted octanol–water partition coefficient (Wildman–Crippen LogP) is 0.751. The van der Waals surface area contributed by atoms with E-state index in [0.29, 0.717) is 17.7 Å². The summed E-state index contributed by atoms with van der Waals surface area (Å²) in [5, 5.41) is 26.6. The first-order chi connectivity index (χ1) is 26.9. The Morgan fingerprint density at radius 3 is 2.41 bits per heavy atom. The SMILES string of the molecule is C=CC=C(CCC)C(=O)SCCNC(=O)CCNC(=O)C(O)C(C)(C)COP(=O)(O)OP(=O)(O)OCC1OC(C)(n2cnc3c(N)ncnc32)C(O)C1OP(=O)(O)O. The van der Waals surface area contributed by atoms with Crippen molar-refractivity contribution < 1.29 is 80.5 Å². The first-order valence-electron chi connectivity index (χ1n) is 17.3. The molecule has 1 aliphatic heterocycles. The Labute approximate surface area is 336 Å². The Bertz CT molecular complexity index is 1980. The number of carbonyl (C=O) groups is 3. The Kier molecular flexibility index (Phi) is 17.5. The van der Waals surface area contributed by atoms with Gasteiger partial charge in [0.2, 0.25) is 16.9 Å². The molecule has 2 aromatic heterocycles. The summed E-state index contributed by atoms with van der Waals surface area (Å²) in [5.74, 6) is -1.17. The lowest BCUT2D eigenvalue weighted by molar-refractivity contribution is -0.137. The minimum Gasteiger partial charge on any atom is -0.385 e. The lowest BCUT2D eigenvalue weighted by atomic mass is 9.87. The highest BCUT2D eigenvalue weighted by molar-refractivity contribution is 8.14. The minimum absolute atomic E-state index is 0.0173. The van der Waals surface area contributed by atoms with E-state index >= 15 is 0 Å². The summed E-state index contributed by atoms with van der Waals surface area (Å²) in [6.07, 6.45) is -0.967. The average molecular weight is 904 g/mol. The monoisotopic (exact) mass is 903 g/mol. The van der Waals surface area contributed by atoms with Crippen LogP contribution in [0.5, 0.6) is 0 Å². The molecule has 0 aromatic carbocycles. The van der Waals surface area contributed by atoms with E-state index in [0.717, 1.165) is 35.4 Å². The van der Waals surface area contributed by atoms with Gasteiger partial charge >= 0.3 is 23.5 Å². The number of aromatic nitrogens is 4. The van der Waals surface area contributed by atoms with Crippen LogP contribution in [0.15, 0.2) is 37.0 Å². The molecule has 1 fully saturated rings. The van der Waals surface area contributed by atoms with Crippen LogP contribution >= 0.6 is 35.2 Å². The number of thioether (sulfide) groups is 1. The number of fused-ring (bicyclic) bond motifs is 1. The number of nitrogen functional groups attached to an aromatic ring is 1. The summed E-state index contributed by atoms with van der Waals surface area (Å²) in [7, 11) is -16.5. The summed E-state index contributed by atoms with van der Waals surface area (Å²) in [5.41, 5.74) is 2.91. The Morgan fingerprint density at radius 1 is 1.10 bits per heavy atom. The van der Waals surface area contributed by atoms with Crippen molar-refractivity contribution in [3.63, 3.8) is 0 Å². The summed E-state index contributed by atoms with van der Waals surface area (Å²) in [6.45, 7) is 7.20. The quantitative estimate of drug-likeness (QED) is 0.0321. The van der Waals surface area contributed by atoms with Gasteiger partial charge in [0.05, 0.1) is 19.5 Å². The Balaban J connectivity index is 1.51. The number of hydrogen-bond donors (Lipinski definition) is 9. The minimum atomic E-state index is -5.60. The van der Waals surface area contributed by atoms with Gasteiger partial charge in [-0.15, -0.1) is 0 Å². The summed E-state index contributed by atoms with van der Waals surface area (Å²) in [6, 6.07) is 0. The topological polar surface area (TPSA) is 364 Å². The smallest absolute Gasteiger partial charge is 0.385 e. The van der Waals surface area contributed by atoms with Gasteiger partial charge in [-0.2, -0.15) is 4.31 Å². The highest BCUT2D eigenvalue weighted by atomic mass is 32.2. The fourth-order valence-corrected chi connectivity index (χ4v) is 8.91. The second-order valence-electron chi connectivity index (χ2n) is 13.4. The number of imidazole rings is 1. The molecule has 7 atom stereocenters. The van der Waals surface area contributed by atoms with Crippen LogP contribution in [-0.4, -0.2) is 123 Å². The normalized spacial score (nSPS) is 22.9. The number of rotatable bonds is 23. The highest BCUT2D eigenvalue weighted by Crippen LogP contribution is 2.61. The zero-order valence-electron chi connectivity index (χ0n) is 31.8. The van der Waals surface area contributed by atoms with Crippen molar-refractivity contribution in [3.8, 4) is 0 Å². The van der Waals surface area contributed by atoms with Crippen LogP contribution in [0.4, 0.5) is 5.82 Å². The van der Waals surface area contributed by atoms with Gasteiger partial charge in [-0.25, -0.2) is 28.6 Å². The van der Waals surface area contributed by atoms with Crippen molar-refractivity contribution in [2.24, 2.45) is 5.41 Å². The van der Waals surface area contributed by atoms with E-state index in [-0.39, 0.29) is 41.6 Å². The van der Waals surface area contributed by atoms with Gasteiger partial charge in [-0.1, -0.05) is 57.7 Å². The summed E-state index contributed by atoms with van der Waals surface area (Å²) >= 11 is 1.04. The summed E-state index contributed by atoms with van der Waals surface area (Å²) < 4.78 is 62.7. The van der Waals surface area contributed by atoms with E-state index < -0.39 is 84.1 Å². The molecule has 1 aliphatic rings. The zero-order chi connectivity index (χ0) is 43.7. The number of anilines is 1. The van der Waals surface area contributed by atoms with E-state index in [1.54, 1.807) is 6.08 Å². The molecular formula is C30H48N7O17P3S. The Morgan fingerprint density at radius 2 is 1.78 bits per heavy atom. The van der Waals surface area contributed by atoms with Crippen LogP contribution < -0.4 is 16.4 Å². The molecule has 3 rings (SSSR count). The number of ether oxygens (including phenoxy) is 1. The number of phosphoric ester groups is 3. The fraction of sp³-hybridized carbons (Fsp3) is 0.600. The molecule has 10 N–H and O–H groups in total. The third-order valence-electron chi connectivity index (χ3n) is 8.32. The zero-order valence-corrected chi connectivity index (χ0v) is 35.3. The third kappa shape index (κ3) is 13.8. The molecule has 326 valence electrons. The molecule has 28 heteroatoms. The van der Waals surface area contributed by atoms with Gasteiger partial charge in [0, 0.05) is 36.3 Å². The van der Waals surface area contributed by atoms with Gasteiger partial charge < -0.3 is 50.9 Å². The van der Waals surface area contributed by atoms with Crippen LogP contribution in [0.2, 0.25) is 0 Å². The molecular weight excluding hydrogens is 855 g/mol. The van der Waals surface area contributed by atoms with E-state index in [4.69, 9.17) is 24.0 Å². The molecule has 0 bridgehead atoms. The molecule has 7 unspecified atom stereocenters. The van der Waals surface area contributed by atoms with Crippen LogP contribution in [0.25, 0.3) is 11.2 Å². The Hall–Kier alpha value is -2.96. The van der Waals surface area contributed by atoms with Crippen LogP contribution in [0.3, 0.4) is 0 Å². The van der Waals surface area contributed by atoms with E-state index in [1.807, 2.05) is 6.92 Å². The number of hydrogen-bond acceptors (Lipinski definition) is 18. The maximum Gasteiger partial charge on any atom is 0.481 e. The van der Waals surface area contributed by atoms with Gasteiger partial charge in [-0.3, -0.25) is 32.5 Å². The number of nitrogens with one attached hydrogen (secondary N) is 2. The first-order valence-corrected chi connectivity index (χ1v) is 22.8. The fourth-order valence-electron chi connectivity index (χ4n) is 5.34. The van der Waals surface area contributed by atoms with Crippen molar-refractivity contribution in [1.29, 1.82) is 0 Å². The number of carbonyl (C=O) groups excluding carboxylic acids is 3. The average Bonchev–Trinajstić information content (AvgIpc) is 3.67. The molecule has 1 saturated heterocycles.